The molecule has 0 fully saturated rings. The van der Waals surface area contributed by atoms with Crippen molar-refractivity contribution in [3.63, 3.8) is 0 Å². The van der Waals surface area contributed by atoms with Gasteiger partial charge in [-0.15, -0.1) is 0 Å². The number of imidazole rings is 1. The fourth-order valence-corrected chi connectivity index (χ4v) is 0.653. The van der Waals surface area contributed by atoms with E-state index in [9.17, 15) is 0 Å². The SMILES string of the molecule is Cc1nc(C#N)c(C#N)[nH]1.[LiH]. The summed E-state index contributed by atoms with van der Waals surface area (Å²) >= 11 is 0. The van der Waals surface area contributed by atoms with Gasteiger partial charge in [0.2, 0.25) is 0 Å². The normalized spacial score (nSPS) is 7.55. The molecule has 0 aliphatic heterocycles. The summed E-state index contributed by atoms with van der Waals surface area (Å²) in [5.41, 5.74) is 0.403. The Hall–Kier alpha value is -1.21. The number of aromatic amines is 1. The zero-order chi connectivity index (χ0) is 7.56. The van der Waals surface area contributed by atoms with Gasteiger partial charge in [0.25, 0.3) is 0 Å². The van der Waals surface area contributed by atoms with Crippen LogP contribution >= 0.6 is 0 Å². The summed E-state index contributed by atoms with van der Waals surface area (Å²) in [7, 11) is 0. The Kier molecular flexibility index (Phi) is 3.41. The second kappa shape index (κ2) is 3.84. The molecule has 0 amide bonds. The van der Waals surface area contributed by atoms with E-state index < -0.39 is 0 Å². The van der Waals surface area contributed by atoms with Gasteiger partial charge in [-0.05, 0) is 6.92 Å². The summed E-state index contributed by atoms with van der Waals surface area (Å²) in [6.07, 6.45) is 0. The fourth-order valence-electron chi connectivity index (χ4n) is 0.653. The van der Waals surface area contributed by atoms with Crippen molar-refractivity contribution in [2.45, 2.75) is 6.92 Å². The topological polar surface area (TPSA) is 76.3 Å². The molecule has 1 heterocycles. The van der Waals surface area contributed by atoms with E-state index in [1.165, 1.54) is 0 Å². The first kappa shape index (κ1) is 9.79. The van der Waals surface area contributed by atoms with E-state index in [0.717, 1.165) is 0 Å². The quantitative estimate of drug-likeness (QED) is 0.507. The third-order valence-corrected chi connectivity index (χ3v) is 1.04. The average Bonchev–Trinajstić information content (AvgIpc) is 2.30. The molecule has 1 aromatic heterocycles. The number of nitriles is 2. The van der Waals surface area contributed by atoms with Crippen molar-refractivity contribution in [3.05, 3.63) is 17.2 Å². The molecule has 11 heavy (non-hydrogen) atoms. The van der Waals surface area contributed by atoms with Crippen LogP contribution in [0.2, 0.25) is 0 Å². The summed E-state index contributed by atoms with van der Waals surface area (Å²) in [5.74, 6) is 0.591. The zero-order valence-electron chi connectivity index (χ0n) is 5.34. The van der Waals surface area contributed by atoms with Crippen molar-refractivity contribution < 1.29 is 0 Å². The third kappa shape index (κ3) is 1.85. The van der Waals surface area contributed by atoms with Crippen LogP contribution in [0.5, 0.6) is 0 Å². The summed E-state index contributed by atoms with van der Waals surface area (Å²) in [6, 6.07) is 3.63. The molecule has 1 rings (SSSR count). The van der Waals surface area contributed by atoms with Crippen LogP contribution in [0.15, 0.2) is 0 Å². The van der Waals surface area contributed by atoms with Gasteiger partial charge >= 0.3 is 18.9 Å². The van der Waals surface area contributed by atoms with Gasteiger partial charge in [0.05, 0.1) is 0 Å². The fraction of sp³-hybridized carbons (Fsp3) is 0.167. The third-order valence-electron chi connectivity index (χ3n) is 1.04. The Morgan fingerprint density at radius 1 is 1.36 bits per heavy atom. The number of hydrogen-bond donors (Lipinski definition) is 1. The number of aromatic nitrogens is 2. The number of rotatable bonds is 0. The van der Waals surface area contributed by atoms with E-state index in [4.69, 9.17) is 10.5 Å². The number of aryl methyl sites for hydroxylation is 1. The van der Waals surface area contributed by atoms with Crippen LogP contribution in [0.3, 0.4) is 0 Å². The average molecular weight is 140 g/mol. The van der Waals surface area contributed by atoms with Crippen molar-refractivity contribution in [1.29, 1.82) is 10.5 Å². The van der Waals surface area contributed by atoms with E-state index in [0.29, 0.717) is 5.82 Å². The first-order valence-corrected chi connectivity index (χ1v) is 2.64. The molecule has 0 radical (unpaired) electrons. The van der Waals surface area contributed by atoms with Gasteiger partial charge in [-0.3, -0.25) is 0 Å². The molecule has 0 spiro atoms. The molecule has 0 aliphatic carbocycles. The van der Waals surface area contributed by atoms with Crippen LogP contribution in [-0.4, -0.2) is 28.8 Å². The molecule has 1 N–H and O–H groups in total. The summed E-state index contributed by atoms with van der Waals surface area (Å²) in [5, 5.41) is 16.8. The Labute approximate surface area is 76.0 Å². The standard InChI is InChI=1S/C6H4N4.Li.H/c1-4-9-5(2-7)6(3-8)10-4;;/h1H3,(H,9,10);;. The van der Waals surface area contributed by atoms with Crippen LogP contribution in [0, 0.1) is 29.6 Å². The van der Waals surface area contributed by atoms with E-state index >= 15 is 0 Å². The number of hydrogen-bond acceptors (Lipinski definition) is 3. The summed E-state index contributed by atoms with van der Waals surface area (Å²) < 4.78 is 0. The molecule has 50 valence electrons. The molecular weight excluding hydrogens is 135 g/mol. The minimum absolute atomic E-state index is 0. The van der Waals surface area contributed by atoms with Gasteiger partial charge in [-0.25, -0.2) is 4.98 Å². The molecule has 0 aromatic carbocycles. The van der Waals surface area contributed by atoms with E-state index in [2.05, 4.69) is 9.97 Å². The van der Waals surface area contributed by atoms with Crippen molar-refractivity contribution in [2.75, 3.05) is 0 Å². The van der Waals surface area contributed by atoms with Crippen molar-refractivity contribution in [3.8, 4) is 12.1 Å². The molecule has 0 saturated carbocycles. The van der Waals surface area contributed by atoms with Crippen molar-refractivity contribution in [2.24, 2.45) is 0 Å². The van der Waals surface area contributed by atoms with Gasteiger partial charge in [0.1, 0.15) is 18.0 Å². The molecule has 1 aromatic rings. The predicted molar refractivity (Wildman–Crippen MR) is 39.9 cm³/mol. The van der Waals surface area contributed by atoms with Crippen molar-refractivity contribution >= 4 is 18.9 Å². The van der Waals surface area contributed by atoms with Crippen LogP contribution in [-0.2, 0) is 0 Å². The van der Waals surface area contributed by atoms with Crippen molar-refractivity contribution in [1.82, 2.24) is 9.97 Å². The maximum absolute atomic E-state index is 8.39. The zero-order valence-corrected chi connectivity index (χ0v) is 5.34. The van der Waals surface area contributed by atoms with Crippen LogP contribution in [0.25, 0.3) is 0 Å². The van der Waals surface area contributed by atoms with Gasteiger partial charge in [0, 0.05) is 0 Å². The molecule has 0 saturated heterocycles. The van der Waals surface area contributed by atoms with Gasteiger partial charge in [-0.2, -0.15) is 10.5 Å². The van der Waals surface area contributed by atoms with Gasteiger partial charge < -0.3 is 4.98 Å². The Morgan fingerprint density at radius 3 is 2.36 bits per heavy atom. The Bertz CT molecular complexity index is 296. The number of nitrogens with zero attached hydrogens (tertiary/aromatic N) is 3. The molecule has 0 unspecified atom stereocenters. The predicted octanol–water partition coefficient (Wildman–Crippen LogP) is -0.187. The first-order valence-electron chi connectivity index (χ1n) is 2.64. The Balaban J connectivity index is 0.000001000. The van der Waals surface area contributed by atoms with Crippen LogP contribution in [0.4, 0.5) is 0 Å². The molecule has 5 heteroatoms. The van der Waals surface area contributed by atoms with E-state index in [-0.39, 0.29) is 30.2 Å². The molecule has 0 atom stereocenters. The molecular formula is C6H5LiN4. The summed E-state index contributed by atoms with van der Waals surface area (Å²) in [4.78, 5) is 6.41. The minimum atomic E-state index is 0. The number of H-pyrrole nitrogens is 1. The number of nitrogens with one attached hydrogen (secondary N) is 1. The van der Waals surface area contributed by atoms with E-state index in [1.807, 2.05) is 6.07 Å². The molecule has 0 aliphatic rings. The monoisotopic (exact) mass is 140 g/mol. The van der Waals surface area contributed by atoms with Crippen LogP contribution in [0.1, 0.15) is 17.2 Å². The molecule has 4 nitrogen and oxygen atoms in total. The summed E-state index contributed by atoms with van der Waals surface area (Å²) in [6.45, 7) is 1.70. The second-order valence-electron chi connectivity index (χ2n) is 1.77. The Morgan fingerprint density at radius 2 is 2.00 bits per heavy atom. The van der Waals surface area contributed by atoms with Gasteiger partial charge in [-0.1, -0.05) is 0 Å². The second-order valence-corrected chi connectivity index (χ2v) is 1.77. The maximum atomic E-state index is 8.39. The first-order chi connectivity index (χ1) is 4.77. The molecule has 0 bridgehead atoms. The van der Waals surface area contributed by atoms with Crippen LogP contribution < -0.4 is 0 Å². The van der Waals surface area contributed by atoms with E-state index in [1.54, 1.807) is 13.0 Å². The van der Waals surface area contributed by atoms with Gasteiger partial charge in [0.15, 0.2) is 11.4 Å².